The van der Waals surface area contributed by atoms with Gasteiger partial charge in [0, 0.05) is 31.3 Å². The van der Waals surface area contributed by atoms with Gasteiger partial charge in [-0.05, 0) is 18.2 Å². The second-order valence-electron chi connectivity index (χ2n) is 3.75. The minimum Gasteiger partial charge on any atom is -0.383 e. The van der Waals surface area contributed by atoms with Crippen LogP contribution in [0.5, 0.6) is 0 Å². The van der Waals surface area contributed by atoms with Crippen molar-refractivity contribution in [1.29, 1.82) is 0 Å². The van der Waals surface area contributed by atoms with Crippen molar-refractivity contribution in [2.45, 2.75) is 10.7 Å². The minimum atomic E-state index is -2.48. The van der Waals surface area contributed by atoms with Crippen molar-refractivity contribution in [2.75, 3.05) is 32.6 Å². The maximum Gasteiger partial charge on any atom is 0.321 e. The van der Waals surface area contributed by atoms with Crippen LogP contribution in [-0.4, -0.2) is 44.0 Å². The Morgan fingerprint density at radius 3 is 2.89 bits per heavy atom. The van der Waals surface area contributed by atoms with E-state index < -0.39 is 5.76 Å². The Kier molecular flexibility index (Phi) is 6.58. The van der Waals surface area contributed by atoms with Gasteiger partial charge in [-0.15, -0.1) is 0 Å². The number of methoxy groups -OCH3 is 1. The van der Waals surface area contributed by atoms with Gasteiger partial charge < -0.3 is 15.0 Å². The number of carbonyl (C=O) groups is 1. The van der Waals surface area contributed by atoms with Crippen LogP contribution in [-0.2, 0) is 4.74 Å². The van der Waals surface area contributed by atoms with Crippen molar-refractivity contribution in [3.8, 4) is 0 Å². The van der Waals surface area contributed by atoms with Gasteiger partial charge in [0.1, 0.15) is 0 Å². The van der Waals surface area contributed by atoms with Crippen molar-refractivity contribution < 1.29 is 18.3 Å². The van der Waals surface area contributed by atoms with E-state index in [4.69, 9.17) is 4.74 Å². The summed E-state index contributed by atoms with van der Waals surface area (Å²) in [6.07, 6.45) is 0. The first kappa shape index (κ1) is 15.7. The summed E-state index contributed by atoms with van der Waals surface area (Å²) in [5, 5.41) is 2.64. The molecule has 0 aromatic heterocycles. The number of amides is 2. The molecule has 0 aliphatic carbocycles. The highest BCUT2D eigenvalue weighted by molar-refractivity contribution is 7.99. The number of hydrogen-bond acceptors (Lipinski definition) is 3. The third-order valence-corrected chi connectivity index (χ3v) is 2.99. The smallest absolute Gasteiger partial charge is 0.321 e. The van der Waals surface area contributed by atoms with Crippen molar-refractivity contribution in [3.63, 3.8) is 0 Å². The van der Waals surface area contributed by atoms with Crippen molar-refractivity contribution in [1.82, 2.24) is 4.90 Å². The number of halogens is 2. The number of anilines is 1. The summed E-state index contributed by atoms with van der Waals surface area (Å²) >= 11 is 0.444. The zero-order chi connectivity index (χ0) is 14.3. The molecular weight excluding hydrogens is 274 g/mol. The lowest BCUT2D eigenvalue weighted by Gasteiger charge is -2.17. The van der Waals surface area contributed by atoms with E-state index in [9.17, 15) is 13.6 Å². The number of nitrogens with zero attached hydrogens (tertiary/aromatic N) is 1. The molecule has 0 saturated carbocycles. The van der Waals surface area contributed by atoms with E-state index in [1.54, 1.807) is 32.4 Å². The van der Waals surface area contributed by atoms with Gasteiger partial charge in [-0.25, -0.2) is 4.79 Å². The van der Waals surface area contributed by atoms with Crippen LogP contribution < -0.4 is 5.32 Å². The standard InChI is InChI=1S/C12H16F2N2O2S/c1-16(6-7-18-2)12(17)15-9-4-3-5-10(8-9)19-11(13)14/h3-5,8,11H,6-7H2,1-2H3,(H,15,17). The maximum atomic E-state index is 12.2. The van der Waals surface area contributed by atoms with Crippen molar-refractivity contribution in [2.24, 2.45) is 0 Å². The van der Waals surface area contributed by atoms with Crippen LogP contribution in [0.2, 0.25) is 0 Å². The molecule has 0 saturated heterocycles. The zero-order valence-electron chi connectivity index (χ0n) is 10.7. The molecule has 1 rings (SSSR count). The number of benzene rings is 1. The lowest BCUT2D eigenvalue weighted by atomic mass is 10.3. The van der Waals surface area contributed by atoms with Gasteiger partial charge in [0.05, 0.1) is 6.61 Å². The highest BCUT2D eigenvalue weighted by Crippen LogP contribution is 2.27. The maximum absolute atomic E-state index is 12.2. The lowest BCUT2D eigenvalue weighted by Crippen LogP contribution is -2.33. The number of likely N-dealkylation sites (N-methyl/N-ethyl adjacent to an activating group) is 1. The van der Waals surface area contributed by atoms with Crippen molar-refractivity contribution >= 4 is 23.5 Å². The molecule has 0 aliphatic heterocycles. The van der Waals surface area contributed by atoms with E-state index in [0.717, 1.165) is 0 Å². The Morgan fingerprint density at radius 2 is 2.26 bits per heavy atom. The third kappa shape index (κ3) is 5.89. The Hall–Kier alpha value is -1.34. The molecule has 0 bridgehead atoms. The molecule has 0 unspecified atom stereocenters. The molecule has 0 spiro atoms. The fraction of sp³-hybridized carbons (Fsp3) is 0.417. The normalized spacial score (nSPS) is 10.6. The molecular formula is C12H16F2N2O2S. The molecule has 2 amide bonds. The zero-order valence-corrected chi connectivity index (χ0v) is 11.5. The highest BCUT2D eigenvalue weighted by atomic mass is 32.2. The lowest BCUT2D eigenvalue weighted by molar-refractivity contribution is 0.165. The van der Waals surface area contributed by atoms with Crippen molar-refractivity contribution in [3.05, 3.63) is 24.3 Å². The predicted octanol–water partition coefficient (Wildman–Crippen LogP) is 3.11. The second kappa shape index (κ2) is 7.96. The summed E-state index contributed by atoms with van der Waals surface area (Å²) in [6.45, 7) is 0.888. The van der Waals surface area contributed by atoms with Crippen LogP contribution in [0.4, 0.5) is 19.3 Å². The van der Waals surface area contributed by atoms with E-state index in [1.165, 1.54) is 11.0 Å². The first-order chi connectivity index (χ1) is 9.02. The molecule has 4 nitrogen and oxygen atoms in total. The number of urea groups is 1. The first-order valence-corrected chi connectivity index (χ1v) is 6.47. The number of carbonyl (C=O) groups excluding carboxylic acids is 1. The van der Waals surface area contributed by atoms with Gasteiger partial charge in [-0.3, -0.25) is 0 Å². The molecule has 0 radical (unpaired) electrons. The largest absolute Gasteiger partial charge is 0.383 e. The Morgan fingerprint density at radius 1 is 1.53 bits per heavy atom. The summed E-state index contributed by atoms with van der Waals surface area (Å²) in [6, 6.07) is 6.05. The van der Waals surface area contributed by atoms with Gasteiger partial charge in [0.25, 0.3) is 5.76 Å². The topological polar surface area (TPSA) is 41.6 Å². The highest BCUT2D eigenvalue weighted by Gasteiger charge is 2.10. The first-order valence-electron chi connectivity index (χ1n) is 5.59. The van der Waals surface area contributed by atoms with Crippen LogP contribution in [0.1, 0.15) is 0 Å². The molecule has 1 N–H and O–H groups in total. The average Bonchev–Trinajstić information content (AvgIpc) is 2.35. The molecule has 106 valence electrons. The van der Waals surface area contributed by atoms with Crippen LogP contribution in [0, 0.1) is 0 Å². The van der Waals surface area contributed by atoms with Crippen LogP contribution >= 0.6 is 11.8 Å². The Balaban J connectivity index is 2.58. The van der Waals surface area contributed by atoms with E-state index in [0.29, 0.717) is 35.5 Å². The number of ether oxygens (including phenoxy) is 1. The molecule has 0 fully saturated rings. The number of alkyl halides is 2. The molecule has 0 aliphatic rings. The van der Waals surface area contributed by atoms with Gasteiger partial charge >= 0.3 is 6.03 Å². The van der Waals surface area contributed by atoms with E-state index in [1.807, 2.05) is 0 Å². The number of thioether (sulfide) groups is 1. The second-order valence-corrected chi connectivity index (χ2v) is 4.81. The van der Waals surface area contributed by atoms with Gasteiger partial charge in [-0.1, -0.05) is 17.8 Å². The van der Waals surface area contributed by atoms with Gasteiger partial charge in [0.15, 0.2) is 0 Å². The predicted molar refractivity (Wildman–Crippen MR) is 71.8 cm³/mol. The number of nitrogens with one attached hydrogen (secondary N) is 1. The Labute approximate surface area is 115 Å². The third-order valence-electron chi connectivity index (χ3n) is 2.29. The van der Waals surface area contributed by atoms with Gasteiger partial charge in [-0.2, -0.15) is 8.78 Å². The molecule has 1 aromatic rings. The van der Waals surface area contributed by atoms with E-state index in [2.05, 4.69) is 5.32 Å². The average molecular weight is 290 g/mol. The monoisotopic (exact) mass is 290 g/mol. The molecule has 0 atom stereocenters. The van der Waals surface area contributed by atoms with Gasteiger partial charge in [0.2, 0.25) is 0 Å². The Bertz CT molecular complexity index is 418. The summed E-state index contributed by atoms with van der Waals surface area (Å²) in [5.74, 6) is -2.48. The summed E-state index contributed by atoms with van der Waals surface area (Å²) in [4.78, 5) is 13.6. The van der Waals surface area contributed by atoms with E-state index in [-0.39, 0.29) is 6.03 Å². The fourth-order valence-corrected chi connectivity index (χ4v) is 1.86. The number of hydrogen-bond donors (Lipinski definition) is 1. The van der Waals surface area contributed by atoms with Crippen LogP contribution in [0.3, 0.4) is 0 Å². The summed E-state index contributed by atoms with van der Waals surface area (Å²) in [7, 11) is 3.18. The molecule has 1 aromatic carbocycles. The fourth-order valence-electron chi connectivity index (χ4n) is 1.30. The summed E-state index contributed by atoms with van der Waals surface area (Å²) in [5.41, 5.74) is 0.486. The minimum absolute atomic E-state index is 0.309. The van der Waals surface area contributed by atoms with E-state index >= 15 is 0 Å². The SMILES string of the molecule is COCCN(C)C(=O)Nc1cccc(SC(F)F)c1. The van der Waals surface area contributed by atoms with Crippen LogP contribution in [0.15, 0.2) is 29.2 Å². The molecule has 19 heavy (non-hydrogen) atoms. The molecule has 0 heterocycles. The molecule has 7 heteroatoms. The van der Waals surface area contributed by atoms with Crippen LogP contribution in [0.25, 0.3) is 0 Å². The number of rotatable bonds is 6. The summed E-state index contributed by atoms with van der Waals surface area (Å²) < 4.78 is 29.3. The quantitative estimate of drug-likeness (QED) is 0.818.